The Bertz CT molecular complexity index is 702. The summed E-state index contributed by atoms with van der Waals surface area (Å²) in [7, 11) is 0. The molecule has 1 aromatic carbocycles. The summed E-state index contributed by atoms with van der Waals surface area (Å²) in [6.45, 7) is 0. The van der Waals surface area contributed by atoms with Crippen molar-refractivity contribution in [3.63, 3.8) is 0 Å². The van der Waals surface area contributed by atoms with E-state index in [0.717, 1.165) is 29.8 Å². The predicted octanol–water partition coefficient (Wildman–Crippen LogP) is 3.32. The molecule has 1 atom stereocenters. The van der Waals surface area contributed by atoms with Crippen LogP contribution in [0.4, 0.5) is 5.13 Å². The van der Waals surface area contributed by atoms with Crippen LogP contribution in [0.25, 0.3) is 0 Å². The van der Waals surface area contributed by atoms with Gasteiger partial charge in [-0.25, -0.2) is 4.98 Å². The highest BCUT2D eigenvalue weighted by Gasteiger charge is 2.24. The number of rotatable bonds is 2. The molecule has 0 saturated heterocycles. The minimum Gasteiger partial charge on any atom is -0.375 e. The molecule has 4 nitrogen and oxygen atoms in total. The molecular formula is C14H13Cl2N3OS. The van der Waals surface area contributed by atoms with Crippen LogP contribution in [0.15, 0.2) is 18.2 Å². The maximum atomic E-state index is 12.3. The van der Waals surface area contributed by atoms with Crippen molar-refractivity contribution in [3.05, 3.63) is 44.4 Å². The van der Waals surface area contributed by atoms with Crippen LogP contribution in [0.1, 0.15) is 27.3 Å². The average Bonchev–Trinajstić information content (AvgIpc) is 2.77. The number of nitrogens with two attached hydrogens (primary N) is 1. The fraction of sp³-hybridized carbons (Fsp3) is 0.286. The zero-order valence-corrected chi connectivity index (χ0v) is 13.4. The summed E-state index contributed by atoms with van der Waals surface area (Å²) in [4.78, 5) is 17.7. The number of aromatic nitrogens is 1. The largest absolute Gasteiger partial charge is 0.375 e. The zero-order chi connectivity index (χ0) is 15.0. The van der Waals surface area contributed by atoms with Gasteiger partial charge in [0.15, 0.2) is 5.13 Å². The van der Waals surface area contributed by atoms with Crippen LogP contribution in [-0.2, 0) is 12.8 Å². The summed E-state index contributed by atoms with van der Waals surface area (Å²) < 4.78 is 0. The van der Waals surface area contributed by atoms with Crippen molar-refractivity contribution in [2.45, 2.75) is 25.3 Å². The van der Waals surface area contributed by atoms with Gasteiger partial charge in [-0.15, -0.1) is 11.3 Å². The van der Waals surface area contributed by atoms with E-state index in [2.05, 4.69) is 10.3 Å². The van der Waals surface area contributed by atoms with Crippen LogP contribution < -0.4 is 11.1 Å². The van der Waals surface area contributed by atoms with E-state index in [1.165, 1.54) is 11.3 Å². The molecule has 3 rings (SSSR count). The predicted molar refractivity (Wildman–Crippen MR) is 86.3 cm³/mol. The van der Waals surface area contributed by atoms with Crippen LogP contribution in [0, 0.1) is 0 Å². The average molecular weight is 342 g/mol. The molecule has 1 aliphatic carbocycles. The molecule has 7 heteroatoms. The lowest BCUT2D eigenvalue weighted by molar-refractivity contribution is 0.0934. The molecule has 1 aromatic heterocycles. The van der Waals surface area contributed by atoms with E-state index in [9.17, 15) is 4.79 Å². The number of anilines is 1. The Balaban J connectivity index is 1.71. The van der Waals surface area contributed by atoms with E-state index in [1.807, 2.05) is 0 Å². The standard InChI is InChI=1S/C14H13Cl2N3OS/c15-7-1-3-9(10(16)5-7)13(20)18-8-2-4-11-12(6-8)21-14(17)19-11/h1,3,5,8H,2,4,6H2,(H2,17,19)(H,18,20). The lowest BCUT2D eigenvalue weighted by atomic mass is 9.97. The molecule has 1 unspecified atom stereocenters. The number of thiazole rings is 1. The highest BCUT2D eigenvalue weighted by Crippen LogP contribution is 2.28. The third-order valence-electron chi connectivity index (χ3n) is 3.47. The van der Waals surface area contributed by atoms with Crippen molar-refractivity contribution < 1.29 is 4.79 Å². The number of hydrogen-bond acceptors (Lipinski definition) is 4. The van der Waals surface area contributed by atoms with Gasteiger partial charge < -0.3 is 11.1 Å². The molecule has 1 aliphatic rings. The number of hydrogen-bond donors (Lipinski definition) is 2. The zero-order valence-electron chi connectivity index (χ0n) is 11.0. The van der Waals surface area contributed by atoms with Gasteiger partial charge in [0.05, 0.1) is 16.3 Å². The number of halogens is 2. The maximum Gasteiger partial charge on any atom is 0.253 e. The van der Waals surface area contributed by atoms with Crippen LogP contribution in [0.2, 0.25) is 10.0 Å². The van der Waals surface area contributed by atoms with Gasteiger partial charge in [0, 0.05) is 22.4 Å². The topological polar surface area (TPSA) is 68.0 Å². The Morgan fingerprint density at radius 2 is 2.24 bits per heavy atom. The number of aryl methyl sites for hydroxylation is 1. The Labute approximate surface area is 136 Å². The van der Waals surface area contributed by atoms with E-state index in [0.29, 0.717) is 20.7 Å². The second-order valence-electron chi connectivity index (χ2n) is 4.96. The van der Waals surface area contributed by atoms with Gasteiger partial charge in [0.2, 0.25) is 0 Å². The van der Waals surface area contributed by atoms with Crippen LogP contribution in [0.3, 0.4) is 0 Å². The molecule has 1 heterocycles. The number of carbonyl (C=O) groups excluding carboxylic acids is 1. The highest BCUT2D eigenvalue weighted by atomic mass is 35.5. The number of nitrogens with one attached hydrogen (secondary N) is 1. The number of fused-ring (bicyclic) bond motifs is 1. The molecule has 1 amide bonds. The van der Waals surface area contributed by atoms with Gasteiger partial charge in [-0.1, -0.05) is 23.2 Å². The Morgan fingerprint density at radius 1 is 1.43 bits per heavy atom. The lowest BCUT2D eigenvalue weighted by Crippen LogP contribution is -2.38. The van der Waals surface area contributed by atoms with Gasteiger partial charge in [0.25, 0.3) is 5.91 Å². The van der Waals surface area contributed by atoms with E-state index in [4.69, 9.17) is 28.9 Å². The third kappa shape index (κ3) is 3.15. The van der Waals surface area contributed by atoms with Crippen molar-refractivity contribution in [2.75, 3.05) is 5.73 Å². The van der Waals surface area contributed by atoms with Crippen molar-refractivity contribution >= 4 is 45.6 Å². The Morgan fingerprint density at radius 3 is 3.00 bits per heavy atom. The SMILES string of the molecule is Nc1nc2c(s1)CC(NC(=O)c1ccc(Cl)cc1Cl)CC2. The van der Waals surface area contributed by atoms with Gasteiger partial charge in [0.1, 0.15) is 0 Å². The summed E-state index contributed by atoms with van der Waals surface area (Å²) >= 11 is 13.4. The first-order chi connectivity index (χ1) is 10.0. The molecule has 0 spiro atoms. The van der Waals surface area contributed by atoms with Crippen molar-refractivity contribution in [3.8, 4) is 0 Å². The molecule has 110 valence electrons. The Kier molecular flexibility index (Phi) is 4.06. The number of nitrogen functional groups attached to an aromatic ring is 1. The maximum absolute atomic E-state index is 12.3. The smallest absolute Gasteiger partial charge is 0.253 e. The van der Waals surface area contributed by atoms with Crippen LogP contribution in [-0.4, -0.2) is 16.9 Å². The number of benzene rings is 1. The summed E-state index contributed by atoms with van der Waals surface area (Å²) in [5, 5.41) is 4.48. The summed E-state index contributed by atoms with van der Waals surface area (Å²) in [5.41, 5.74) is 7.22. The molecular weight excluding hydrogens is 329 g/mol. The number of carbonyl (C=O) groups is 1. The second-order valence-corrected chi connectivity index (χ2v) is 6.92. The second kappa shape index (κ2) is 5.83. The van der Waals surface area contributed by atoms with Gasteiger partial charge in [-0.05, 0) is 31.0 Å². The summed E-state index contributed by atoms with van der Waals surface area (Å²) in [6, 6.07) is 4.95. The van der Waals surface area contributed by atoms with Crippen molar-refractivity contribution in [1.29, 1.82) is 0 Å². The molecule has 3 N–H and O–H groups in total. The van der Waals surface area contributed by atoms with E-state index >= 15 is 0 Å². The molecule has 2 aromatic rings. The molecule has 0 saturated carbocycles. The minimum absolute atomic E-state index is 0.0802. The molecule has 0 bridgehead atoms. The van der Waals surface area contributed by atoms with Crippen molar-refractivity contribution in [1.82, 2.24) is 10.3 Å². The van der Waals surface area contributed by atoms with E-state index < -0.39 is 0 Å². The first-order valence-electron chi connectivity index (χ1n) is 6.53. The van der Waals surface area contributed by atoms with E-state index in [1.54, 1.807) is 18.2 Å². The Hall–Kier alpha value is -1.30. The first-order valence-corrected chi connectivity index (χ1v) is 8.10. The molecule has 0 radical (unpaired) electrons. The lowest BCUT2D eigenvalue weighted by Gasteiger charge is -2.22. The fourth-order valence-electron chi connectivity index (χ4n) is 2.45. The van der Waals surface area contributed by atoms with E-state index in [-0.39, 0.29) is 11.9 Å². The van der Waals surface area contributed by atoms with Crippen LogP contribution >= 0.6 is 34.5 Å². The number of amides is 1. The van der Waals surface area contributed by atoms with Gasteiger partial charge in [-0.2, -0.15) is 0 Å². The molecule has 0 aliphatic heterocycles. The van der Waals surface area contributed by atoms with Crippen molar-refractivity contribution in [2.24, 2.45) is 0 Å². The summed E-state index contributed by atoms with van der Waals surface area (Å²) in [5.74, 6) is -0.178. The molecule has 0 fully saturated rings. The minimum atomic E-state index is -0.178. The first kappa shape index (κ1) is 14.6. The quantitative estimate of drug-likeness (QED) is 0.880. The van der Waals surface area contributed by atoms with Gasteiger partial charge in [-0.3, -0.25) is 4.79 Å². The summed E-state index contributed by atoms with van der Waals surface area (Å²) in [6.07, 6.45) is 2.45. The highest BCUT2D eigenvalue weighted by molar-refractivity contribution is 7.15. The third-order valence-corrected chi connectivity index (χ3v) is 4.96. The number of nitrogens with zero attached hydrogens (tertiary/aromatic N) is 1. The fourth-order valence-corrected chi connectivity index (χ4v) is 3.91. The van der Waals surface area contributed by atoms with Gasteiger partial charge >= 0.3 is 0 Å². The van der Waals surface area contributed by atoms with Crippen LogP contribution in [0.5, 0.6) is 0 Å². The monoisotopic (exact) mass is 341 g/mol. The molecule has 21 heavy (non-hydrogen) atoms. The normalized spacial score (nSPS) is 17.3.